The van der Waals surface area contributed by atoms with Gasteiger partial charge in [0.05, 0.1) is 13.7 Å². The number of benzene rings is 1. The highest BCUT2D eigenvalue weighted by atomic mass is 16.6. The number of aryl methyl sites for hydroxylation is 1. The molecule has 3 nitrogen and oxygen atoms in total. The van der Waals surface area contributed by atoms with Gasteiger partial charge in [-0.2, -0.15) is 0 Å². The summed E-state index contributed by atoms with van der Waals surface area (Å²) in [5.74, 6) is -0.425. The van der Waals surface area contributed by atoms with Gasteiger partial charge in [0.2, 0.25) is 5.76 Å². The van der Waals surface area contributed by atoms with Crippen LogP contribution in [-0.2, 0) is 14.3 Å². The van der Waals surface area contributed by atoms with Crippen LogP contribution in [0.3, 0.4) is 0 Å². The first-order chi connectivity index (χ1) is 8.17. The molecule has 0 bridgehead atoms. The number of esters is 1. The van der Waals surface area contributed by atoms with E-state index in [1.807, 2.05) is 31.2 Å². The van der Waals surface area contributed by atoms with Gasteiger partial charge in [-0.3, -0.25) is 0 Å². The Hall–Kier alpha value is -1.99. The fourth-order valence-electron chi connectivity index (χ4n) is 1.21. The number of hydrogen-bond acceptors (Lipinski definition) is 3. The number of carbonyl (C=O) groups excluding carboxylic acids is 1. The van der Waals surface area contributed by atoms with Crippen molar-refractivity contribution in [2.75, 3.05) is 13.7 Å². The maximum Gasteiger partial charge on any atom is 0.382 e. The molecule has 0 aliphatic rings. The third kappa shape index (κ3) is 4.17. The van der Waals surface area contributed by atoms with Gasteiger partial charge in [0.1, 0.15) is 0 Å². The van der Waals surface area contributed by atoms with E-state index in [2.05, 4.69) is 5.73 Å². The largest absolute Gasteiger partial charge is 0.484 e. The van der Waals surface area contributed by atoms with Gasteiger partial charge in [0.15, 0.2) is 0 Å². The molecule has 0 saturated heterocycles. The van der Waals surface area contributed by atoms with Crippen molar-refractivity contribution in [1.29, 1.82) is 0 Å². The number of ether oxygens (including phenoxy) is 2. The second-order valence-electron chi connectivity index (χ2n) is 3.45. The Bertz CT molecular complexity index is 437. The van der Waals surface area contributed by atoms with Crippen molar-refractivity contribution >= 4 is 12.0 Å². The van der Waals surface area contributed by atoms with E-state index in [0.29, 0.717) is 6.61 Å². The molecule has 1 aromatic carbocycles. The summed E-state index contributed by atoms with van der Waals surface area (Å²) in [5, 5.41) is 0. The van der Waals surface area contributed by atoms with Crippen molar-refractivity contribution < 1.29 is 14.3 Å². The molecule has 0 fully saturated rings. The Kier molecular flexibility index (Phi) is 5.05. The fraction of sp³-hybridized carbons (Fsp3) is 0.286. The molecule has 3 heteroatoms. The minimum absolute atomic E-state index is 0.0763. The normalized spacial score (nSPS) is 9.12. The summed E-state index contributed by atoms with van der Waals surface area (Å²) in [5.41, 5.74) is 4.92. The quantitative estimate of drug-likeness (QED) is 0.346. The molecule has 0 saturated carbocycles. The highest BCUT2D eigenvalue weighted by molar-refractivity contribution is 5.86. The lowest BCUT2D eigenvalue weighted by Gasteiger charge is -2.01. The molecule has 0 spiro atoms. The van der Waals surface area contributed by atoms with Crippen molar-refractivity contribution in [2.45, 2.75) is 13.8 Å². The molecule has 0 unspecified atom stereocenters. The van der Waals surface area contributed by atoms with Gasteiger partial charge in [-0.25, -0.2) is 4.79 Å². The van der Waals surface area contributed by atoms with Crippen LogP contribution >= 0.6 is 0 Å². The molecule has 1 rings (SSSR count). The van der Waals surface area contributed by atoms with Crippen LogP contribution in [0, 0.1) is 6.92 Å². The molecule has 0 heterocycles. The molecule has 1 aromatic rings. The van der Waals surface area contributed by atoms with Gasteiger partial charge >= 0.3 is 5.97 Å². The van der Waals surface area contributed by atoms with Crippen LogP contribution in [0.5, 0.6) is 0 Å². The van der Waals surface area contributed by atoms with Crippen LogP contribution in [0.1, 0.15) is 18.1 Å². The first-order valence-electron chi connectivity index (χ1n) is 5.42. The standard InChI is InChI=1S/C14H16O3/c1-4-17-14(15)13(16-3)10-9-12-7-5-11(2)6-8-12/h5-9H,4H2,1-3H3. The van der Waals surface area contributed by atoms with E-state index in [1.165, 1.54) is 12.7 Å². The van der Waals surface area contributed by atoms with E-state index in [1.54, 1.807) is 13.0 Å². The van der Waals surface area contributed by atoms with E-state index in [-0.39, 0.29) is 5.76 Å². The van der Waals surface area contributed by atoms with Crippen LogP contribution in [0.4, 0.5) is 0 Å². The Labute approximate surface area is 101 Å². The zero-order valence-electron chi connectivity index (χ0n) is 10.3. The highest BCUT2D eigenvalue weighted by Gasteiger charge is 2.08. The number of rotatable bonds is 4. The molecule has 0 atom stereocenters. The minimum atomic E-state index is -0.502. The average molecular weight is 232 g/mol. The summed E-state index contributed by atoms with van der Waals surface area (Å²) < 4.78 is 9.73. The molecule has 0 aromatic heterocycles. The Morgan fingerprint density at radius 1 is 1.35 bits per heavy atom. The predicted octanol–water partition coefficient (Wildman–Crippen LogP) is 2.70. The van der Waals surface area contributed by atoms with Gasteiger partial charge in [-0.05, 0) is 25.5 Å². The Morgan fingerprint density at radius 3 is 2.53 bits per heavy atom. The zero-order chi connectivity index (χ0) is 12.7. The summed E-state index contributed by atoms with van der Waals surface area (Å²) in [7, 11) is 1.42. The second-order valence-corrected chi connectivity index (χ2v) is 3.45. The molecule has 17 heavy (non-hydrogen) atoms. The van der Waals surface area contributed by atoms with E-state index >= 15 is 0 Å². The molecule has 0 radical (unpaired) electrons. The first-order valence-corrected chi connectivity index (χ1v) is 5.42. The molecular formula is C14H16O3. The molecule has 0 aliphatic carbocycles. The smallest absolute Gasteiger partial charge is 0.382 e. The first kappa shape index (κ1) is 13.1. The van der Waals surface area contributed by atoms with Crippen molar-refractivity contribution in [2.24, 2.45) is 0 Å². The Balaban J connectivity index is 2.90. The van der Waals surface area contributed by atoms with Crippen molar-refractivity contribution in [3.8, 4) is 0 Å². The van der Waals surface area contributed by atoms with Crippen molar-refractivity contribution in [3.63, 3.8) is 0 Å². The SMILES string of the molecule is CCOC(=O)C(=C=Cc1ccc(C)cc1)OC. The van der Waals surface area contributed by atoms with Crippen LogP contribution in [0.2, 0.25) is 0 Å². The minimum Gasteiger partial charge on any atom is -0.484 e. The molecule has 0 aliphatic heterocycles. The van der Waals surface area contributed by atoms with E-state index in [9.17, 15) is 4.79 Å². The highest BCUT2D eigenvalue weighted by Crippen LogP contribution is 2.05. The topological polar surface area (TPSA) is 35.5 Å². The maximum atomic E-state index is 11.4. The Morgan fingerprint density at radius 2 is 2.00 bits per heavy atom. The monoisotopic (exact) mass is 232 g/mol. The van der Waals surface area contributed by atoms with Gasteiger partial charge in [0, 0.05) is 0 Å². The molecular weight excluding hydrogens is 216 g/mol. The van der Waals surface area contributed by atoms with Crippen molar-refractivity contribution in [3.05, 3.63) is 46.9 Å². The summed E-state index contributed by atoms with van der Waals surface area (Å²) in [4.78, 5) is 11.4. The summed E-state index contributed by atoms with van der Waals surface area (Å²) in [6.45, 7) is 4.08. The zero-order valence-corrected chi connectivity index (χ0v) is 10.3. The number of carbonyl (C=O) groups is 1. The van der Waals surface area contributed by atoms with Gasteiger partial charge in [-0.1, -0.05) is 35.6 Å². The van der Waals surface area contributed by atoms with Crippen LogP contribution in [0.25, 0.3) is 6.08 Å². The van der Waals surface area contributed by atoms with Crippen molar-refractivity contribution in [1.82, 2.24) is 0 Å². The lowest BCUT2D eigenvalue weighted by Crippen LogP contribution is -2.08. The second kappa shape index (κ2) is 6.56. The van der Waals surface area contributed by atoms with E-state index < -0.39 is 5.97 Å². The molecule has 0 N–H and O–H groups in total. The van der Waals surface area contributed by atoms with E-state index in [0.717, 1.165) is 5.56 Å². The van der Waals surface area contributed by atoms with Crippen LogP contribution < -0.4 is 0 Å². The lowest BCUT2D eigenvalue weighted by atomic mass is 10.1. The van der Waals surface area contributed by atoms with Gasteiger partial charge in [-0.15, -0.1) is 0 Å². The van der Waals surface area contributed by atoms with Gasteiger partial charge in [0.25, 0.3) is 0 Å². The van der Waals surface area contributed by atoms with Gasteiger partial charge < -0.3 is 9.47 Å². The molecule has 0 amide bonds. The summed E-state index contributed by atoms with van der Waals surface area (Å²) >= 11 is 0. The summed E-state index contributed by atoms with van der Waals surface area (Å²) in [6.07, 6.45) is 1.69. The average Bonchev–Trinajstić information content (AvgIpc) is 2.32. The molecule has 90 valence electrons. The predicted molar refractivity (Wildman–Crippen MR) is 66.3 cm³/mol. The van der Waals surface area contributed by atoms with Crippen LogP contribution in [-0.4, -0.2) is 19.7 Å². The summed E-state index contributed by atoms with van der Waals surface area (Å²) in [6, 6.07) is 7.87. The lowest BCUT2D eigenvalue weighted by molar-refractivity contribution is -0.142. The fourth-order valence-corrected chi connectivity index (χ4v) is 1.21. The van der Waals surface area contributed by atoms with Crippen LogP contribution in [0.15, 0.2) is 35.8 Å². The van der Waals surface area contributed by atoms with E-state index in [4.69, 9.17) is 9.47 Å². The third-order valence-electron chi connectivity index (χ3n) is 2.11. The maximum absolute atomic E-state index is 11.4. The number of hydrogen-bond donors (Lipinski definition) is 0. The third-order valence-corrected chi connectivity index (χ3v) is 2.11. The number of methoxy groups -OCH3 is 1.